The van der Waals surface area contributed by atoms with Crippen LogP contribution in [-0.4, -0.2) is 15.0 Å². The van der Waals surface area contributed by atoms with Crippen LogP contribution in [0.4, 0.5) is 5.95 Å². The van der Waals surface area contributed by atoms with E-state index in [2.05, 4.69) is 15.0 Å². The normalized spacial score (nSPS) is 11.7. The highest BCUT2D eigenvalue weighted by Gasteiger charge is 2.18. The van der Waals surface area contributed by atoms with Gasteiger partial charge in [-0.05, 0) is 6.92 Å². The SMILES string of the molecule is Cc1nc(N)nc(C(C)(C)C)n1. The van der Waals surface area contributed by atoms with Crippen molar-refractivity contribution in [3.05, 3.63) is 11.6 Å². The van der Waals surface area contributed by atoms with Crippen molar-refractivity contribution in [3.8, 4) is 0 Å². The maximum Gasteiger partial charge on any atom is 0.223 e. The lowest BCUT2D eigenvalue weighted by Gasteiger charge is -2.16. The molecule has 0 atom stereocenters. The van der Waals surface area contributed by atoms with Crippen molar-refractivity contribution >= 4 is 5.95 Å². The standard InChI is InChI=1S/C8H14N4/c1-5-10-6(8(2,3)4)12-7(9)11-5/h1-4H3,(H2,9,10,11,12). The minimum Gasteiger partial charge on any atom is -0.368 e. The summed E-state index contributed by atoms with van der Waals surface area (Å²) in [4.78, 5) is 12.2. The number of nitrogens with zero attached hydrogens (tertiary/aromatic N) is 3. The van der Waals surface area contributed by atoms with E-state index in [0.717, 1.165) is 5.82 Å². The Hall–Kier alpha value is -1.19. The molecule has 0 aliphatic carbocycles. The zero-order chi connectivity index (χ0) is 9.35. The number of anilines is 1. The summed E-state index contributed by atoms with van der Waals surface area (Å²) in [7, 11) is 0. The van der Waals surface area contributed by atoms with Crippen LogP contribution in [0.1, 0.15) is 32.4 Å². The van der Waals surface area contributed by atoms with E-state index in [1.165, 1.54) is 0 Å². The molecule has 66 valence electrons. The van der Waals surface area contributed by atoms with Crippen LogP contribution in [0, 0.1) is 6.92 Å². The Morgan fingerprint density at radius 3 is 2.08 bits per heavy atom. The summed E-state index contributed by atoms with van der Waals surface area (Å²) in [5, 5.41) is 0. The first-order chi connectivity index (χ1) is 5.39. The van der Waals surface area contributed by atoms with Gasteiger partial charge in [-0.2, -0.15) is 9.97 Å². The van der Waals surface area contributed by atoms with Gasteiger partial charge in [0.25, 0.3) is 0 Å². The van der Waals surface area contributed by atoms with E-state index >= 15 is 0 Å². The van der Waals surface area contributed by atoms with Crippen molar-refractivity contribution in [3.63, 3.8) is 0 Å². The van der Waals surface area contributed by atoms with E-state index in [1.807, 2.05) is 27.7 Å². The fourth-order valence-electron chi connectivity index (χ4n) is 0.838. The van der Waals surface area contributed by atoms with Crippen molar-refractivity contribution in [2.45, 2.75) is 33.1 Å². The predicted molar refractivity (Wildman–Crippen MR) is 47.7 cm³/mol. The van der Waals surface area contributed by atoms with Gasteiger partial charge in [0.05, 0.1) is 0 Å². The highest BCUT2D eigenvalue weighted by atomic mass is 15.1. The van der Waals surface area contributed by atoms with Crippen LogP contribution in [0.5, 0.6) is 0 Å². The molecule has 2 N–H and O–H groups in total. The molecule has 1 heterocycles. The first-order valence-corrected chi connectivity index (χ1v) is 3.88. The summed E-state index contributed by atoms with van der Waals surface area (Å²) in [6.45, 7) is 7.94. The molecular formula is C8H14N4. The van der Waals surface area contributed by atoms with Crippen LogP contribution in [-0.2, 0) is 5.41 Å². The van der Waals surface area contributed by atoms with E-state index in [0.29, 0.717) is 11.8 Å². The molecule has 1 aromatic heterocycles. The van der Waals surface area contributed by atoms with Gasteiger partial charge in [-0.25, -0.2) is 4.98 Å². The van der Waals surface area contributed by atoms with E-state index < -0.39 is 0 Å². The second-order valence-electron chi connectivity index (χ2n) is 3.81. The molecule has 4 heteroatoms. The van der Waals surface area contributed by atoms with Crippen LogP contribution < -0.4 is 5.73 Å². The second-order valence-corrected chi connectivity index (χ2v) is 3.81. The molecule has 0 aromatic carbocycles. The third kappa shape index (κ3) is 1.90. The molecule has 0 unspecified atom stereocenters. The Balaban J connectivity index is 3.18. The fraction of sp³-hybridized carbons (Fsp3) is 0.625. The van der Waals surface area contributed by atoms with E-state index in [9.17, 15) is 0 Å². The van der Waals surface area contributed by atoms with E-state index in [-0.39, 0.29) is 5.41 Å². The lowest BCUT2D eigenvalue weighted by Crippen LogP contribution is -2.18. The lowest BCUT2D eigenvalue weighted by molar-refractivity contribution is 0.540. The number of hydrogen-bond acceptors (Lipinski definition) is 4. The van der Waals surface area contributed by atoms with Crippen LogP contribution in [0.15, 0.2) is 0 Å². The quantitative estimate of drug-likeness (QED) is 0.626. The van der Waals surface area contributed by atoms with Gasteiger partial charge in [0.1, 0.15) is 11.6 Å². The first kappa shape index (κ1) is 8.90. The third-order valence-corrected chi connectivity index (χ3v) is 1.44. The van der Waals surface area contributed by atoms with E-state index in [4.69, 9.17) is 5.73 Å². The topological polar surface area (TPSA) is 64.7 Å². The van der Waals surface area contributed by atoms with Crippen LogP contribution in [0.25, 0.3) is 0 Å². The third-order valence-electron chi connectivity index (χ3n) is 1.44. The number of nitrogens with two attached hydrogens (primary N) is 1. The summed E-state index contributed by atoms with van der Waals surface area (Å²) in [5.41, 5.74) is 5.43. The Kier molecular flexibility index (Phi) is 2.00. The number of hydrogen-bond donors (Lipinski definition) is 1. The van der Waals surface area contributed by atoms with Crippen molar-refractivity contribution in [2.75, 3.05) is 5.73 Å². The number of rotatable bonds is 0. The van der Waals surface area contributed by atoms with E-state index in [1.54, 1.807) is 0 Å². The second kappa shape index (κ2) is 2.69. The molecular weight excluding hydrogens is 152 g/mol. The minimum absolute atomic E-state index is 0.0676. The van der Waals surface area contributed by atoms with Gasteiger partial charge in [0.2, 0.25) is 5.95 Å². The van der Waals surface area contributed by atoms with Crippen molar-refractivity contribution in [1.82, 2.24) is 15.0 Å². The monoisotopic (exact) mass is 166 g/mol. The number of aromatic nitrogens is 3. The molecule has 0 saturated heterocycles. The molecule has 0 fully saturated rings. The highest BCUT2D eigenvalue weighted by molar-refractivity contribution is 5.18. The molecule has 0 aliphatic heterocycles. The minimum atomic E-state index is -0.0676. The van der Waals surface area contributed by atoms with Crippen LogP contribution in [0.2, 0.25) is 0 Å². The van der Waals surface area contributed by atoms with Crippen molar-refractivity contribution in [2.24, 2.45) is 0 Å². The Bertz CT molecular complexity index is 267. The zero-order valence-corrected chi connectivity index (χ0v) is 7.92. The summed E-state index contributed by atoms with van der Waals surface area (Å²) in [5.74, 6) is 1.72. The fourth-order valence-corrected chi connectivity index (χ4v) is 0.838. The first-order valence-electron chi connectivity index (χ1n) is 3.88. The van der Waals surface area contributed by atoms with Crippen molar-refractivity contribution in [1.29, 1.82) is 0 Å². The molecule has 1 rings (SSSR count). The van der Waals surface area contributed by atoms with Crippen molar-refractivity contribution < 1.29 is 0 Å². The Morgan fingerprint density at radius 1 is 1.08 bits per heavy atom. The Labute approximate surface area is 72.3 Å². The smallest absolute Gasteiger partial charge is 0.223 e. The van der Waals surface area contributed by atoms with Gasteiger partial charge in [-0.1, -0.05) is 20.8 Å². The summed E-state index contributed by atoms with van der Waals surface area (Å²) in [6.07, 6.45) is 0. The average molecular weight is 166 g/mol. The molecule has 0 aliphatic rings. The molecule has 0 amide bonds. The molecule has 12 heavy (non-hydrogen) atoms. The molecule has 0 spiro atoms. The maximum atomic E-state index is 5.49. The number of nitrogen functional groups attached to an aromatic ring is 1. The van der Waals surface area contributed by atoms with Gasteiger partial charge in [-0.3, -0.25) is 0 Å². The highest BCUT2D eigenvalue weighted by Crippen LogP contribution is 2.17. The van der Waals surface area contributed by atoms with Crippen LogP contribution >= 0.6 is 0 Å². The Morgan fingerprint density at radius 2 is 1.67 bits per heavy atom. The largest absolute Gasteiger partial charge is 0.368 e. The van der Waals surface area contributed by atoms with Gasteiger partial charge < -0.3 is 5.73 Å². The molecule has 0 saturated carbocycles. The van der Waals surface area contributed by atoms with Gasteiger partial charge in [0, 0.05) is 5.41 Å². The lowest BCUT2D eigenvalue weighted by atomic mass is 9.96. The summed E-state index contributed by atoms with van der Waals surface area (Å²) >= 11 is 0. The van der Waals surface area contributed by atoms with Gasteiger partial charge in [-0.15, -0.1) is 0 Å². The summed E-state index contributed by atoms with van der Waals surface area (Å²) in [6, 6.07) is 0. The zero-order valence-electron chi connectivity index (χ0n) is 7.92. The molecule has 0 bridgehead atoms. The summed E-state index contributed by atoms with van der Waals surface area (Å²) < 4.78 is 0. The van der Waals surface area contributed by atoms with Gasteiger partial charge >= 0.3 is 0 Å². The molecule has 1 aromatic rings. The average Bonchev–Trinajstić information content (AvgIpc) is 1.82. The molecule has 4 nitrogen and oxygen atoms in total. The van der Waals surface area contributed by atoms with Crippen LogP contribution in [0.3, 0.4) is 0 Å². The predicted octanol–water partition coefficient (Wildman–Crippen LogP) is 1.06. The maximum absolute atomic E-state index is 5.49. The number of aryl methyl sites for hydroxylation is 1. The van der Waals surface area contributed by atoms with Gasteiger partial charge in [0.15, 0.2) is 0 Å². The molecule has 0 radical (unpaired) electrons.